The molecule has 0 aliphatic rings. The van der Waals surface area contributed by atoms with Crippen LogP contribution >= 0.6 is 0 Å². The van der Waals surface area contributed by atoms with Crippen molar-refractivity contribution in [3.05, 3.63) is 42.2 Å². The summed E-state index contributed by atoms with van der Waals surface area (Å²) in [6, 6.07) is 0. The molecule has 0 amide bonds. The van der Waals surface area contributed by atoms with Crippen LogP contribution in [0.4, 0.5) is 0 Å². The van der Waals surface area contributed by atoms with Gasteiger partial charge in [0, 0.05) is 0 Å². The Morgan fingerprint density at radius 2 is 1.86 bits per heavy atom. The third-order valence-corrected chi connectivity index (χ3v) is 2.72. The summed E-state index contributed by atoms with van der Waals surface area (Å²) in [5.41, 5.74) is 2.77. The molecule has 0 heterocycles. The first-order valence-electron chi connectivity index (χ1n) is 7.76. The normalized spacial score (nSPS) is 10.9. The Balaban J connectivity index is 3.36. The SMILES string of the molecule is CCCCCC=CCC=CCCOCC=C=CCC(=O)O. The molecule has 0 spiro atoms. The largest absolute Gasteiger partial charge is 0.481 e. The number of hydrogen-bond acceptors (Lipinski definition) is 2. The third kappa shape index (κ3) is 18.4. The number of allylic oxidation sites excluding steroid dienone is 3. The second-order valence-corrected chi connectivity index (χ2v) is 4.71. The lowest BCUT2D eigenvalue weighted by molar-refractivity contribution is -0.135. The molecule has 0 bridgehead atoms. The highest BCUT2D eigenvalue weighted by molar-refractivity contribution is 5.68. The monoisotopic (exact) mass is 292 g/mol. The van der Waals surface area contributed by atoms with Gasteiger partial charge in [0.15, 0.2) is 0 Å². The number of carbonyl (C=O) groups is 1. The van der Waals surface area contributed by atoms with Crippen molar-refractivity contribution >= 4 is 5.97 Å². The standard InChI is InChI=1S/C18H28O3/c1-2-3-4-5-6-7-8-9-10-13-16-21-17-14-11-12-15-18(19)20/h6-7,9-10,12,14H,2-5,8,13,15-17H2,1H3,(H,19,20). The smallest absolute Gasteiger partial charge is 0.307 e. The second kappa shape index (κ2) is 16.5. The molecule has 0 unspecified atom stereocenters. The van der Waals surface area contributed by atoms with Crippen LogP contribution in [-0.2, 0) is 9.53 Å². The molecule has 118 valence electrons. The van der Waals surface area contributed by atoms with Crippen molar-refractivity contribution in [2.45, 2.75) is 51.9 Å². The first-order chi connectivity index (χ1) is 10.3. The molecule has 0 atom stereocenters. The van der Waals surface area contributed by atoms with Crippen LogP contribution in [0, 0.1) is 0 Å². The summed E-state index contributed by atoms with van der Waals surface area (Å²) >= 11 is 0. The van der Waals surface area contributed by atoms with Crippen LogP contribution in [0.1, 0.15) is 51.9 Å². The molecule has 21 heavy (non-hydrogen) atoms. The first-order valence-corrected chi connectivity index (χ1v) is 7.76. The van der Waals surface area contributed by atoms with Crippen molar-refractivity contribution in [2.24, 2.45) is 0 Å². The van der Waals surface area contributed by atoms with Crippen molar-refractivity contribution in [1.29, 1.82) is 0 Å². The van der Waals surface area contributed by atoms with E-state index in [-0.39, 0.29) is 6.42 Å². The van der Waals surface area contributed by atoms with Crippen LogP contribution in [-0.4, -0.2) is 24.3 Å². The van der Waals surface area contributed by atoms with E-state index in [1.165, 1.54) is 31.8 Å². The number of ether oxygens (including phenoxy) is 1. The summed E-state index contributed by atoms with van der Waals surface area (Å²) in [5, 5.41) is 8.40. The zero-order valence-corrected chi connectivity index (χ0v) is 13.1. The molecule has 0 aromatic heterocycles. The van der Waals surface area contributed by atoms with E-state index in [9.17, 15) is 4.79 Å². The topological polar surface area (TPSA) is 46.5 Å². The van der Waals surface area contributed by atoms with Crippen molar-refractivity contribution < 1.29 is 14.6 Å². The van der Waals surface area contributed by atoms with Crippen LogP contribution in [0.5, 0.6) is 0 Å². The highest BCUT2D eigenvalue weighted by Gasteiger charge is 1.87. The average molecular weight is 292 g/mol. The zero-order chi connectivity index (χ0) is 15.6. The minimum absolute atomic E-state index is 0.00516. The highest BCUT2D eigenvalue weighted by atomic mass is 16.5. The van der Waals surface area contributed by atoms with Gasteiger partial charge in [-0.25, -0.2) is 0 Å². The van der Waals surface area contributed by atoms with Crippen LogP contribution in [0.3, 0.4) is 0 Å². The fourth-order valence-corrected chi connectivity index (χ4v) is 1.59. The van der Waals surface area contributed by atoms with Crippen LogP contribution in [0.15, 0.2) is 42.2 Å². The Hall–Kier alpha value is -1.57. The first kappa shape index (κ1) is 19.4. The molecule has 3 nitrogen and oxygen atoms in total. The van der Waals surface area contributed by atoms with Gasteiger partial charge in [0.25, 0.3) is 0 Å². The van der Waals surface area contributed by atoms with Gasteiger partial charge in [0.1, 0.15) is 0 Å². The predicted molar refractivity (Wildman–Crippen MR) is 87.4 cm³/mol. The van der Waals surface area contributed by atoms with E-state index in [0.29, 0.717) is 13.2 Å². The van der Waals surface area contributed by atoms with Gasteiger partial charge in [0.05, 0.1) is 19.6 Å². The van der Waals surface area contributed by atoms with Gasteiger partial charge >= 0.3 is 5.97 Å². The molecule has 0 aromatic rings. The molecule has 0 aliphatic heterocycles. The van der Waals surface area contributed by atoms with E-state index in [1.54, 1.807) is 6.08 Å². The minimum atomic E-state index is -0.846. The Labute approximate surface area is 128 Å². The van der Waals surface area contributed by atoms with Crippen molar-refractivity contribution in [3.63, 3.8) is 0 Å². The van der Waals surface area contributed by atoms with Crippen molar-refractivity contribution in [3.8, 4) is 0 Å². The fraction of sp³-hybridized carbons (Fsp3) is 0.556. The van der Waals surface area contributed by atoms with Crippen LogP contribution in [0.25, 0.3) is 0 Å². The maximum absolute atomic E-state index is 10.2. The maximum Gasteiger partial charge on any atom is 0.307 e. The zero-order valence-electron chi connectivity index (χ0n) is 13.1. The maximum atomic E-state index is 10.2. The summed E-state index contributed by atoms with van der Waals surface area (Å²) in [6.45, 7) is 3.37. The molecule has 0 fully saturated rings. The lowest BCUT2D eigenvalue weighted by Crippen LogP contribution is -1.92. The Morgan fingerprint density at radius 3 is 2.57 bits per heavy atom. The van der Waals surface area contributed by atoms with Gasteiger partial charge < -0.3 is 9.84 Å². The molecular weight excluding hydrogens is 264 g/mol. The van der Waals surface area contributed by atoms with Gasteiger partial charge in [-0.1, -0.05) is 44.1 Å². The quantitative estimate of drug-likeness (QED) is 0.305. The number of carboxylic acid groups (broad SMARTS) is 1. The van der Waals surface area contributed by atoms with Crippen LogP contribution < -0.4 is 0 Å². The molecule has 0 rings (SSSR count). The van der Waals surface area contributed by atoms with Gasteiger partial charge in [-0.15, -0.1) is 5.73 Å². The van der Waals surface area contributed by atoms with Crippen LogP contribution in [0.2, 0.25) is 0 Å². The molecule has 1 N–H and O–H groups in total. The Bertz CT molecular complexity index is 361. The summed E-state index contributed by atoms with van der Waals surface area (Å²) in [5.74, 6) is -0.846. The van der Waals surface area contributed by atoms with E-state index in [2.05, 4.69) is 37.0 Å². The summed E-state index contributed by atoms with van der Waals surface area (Å²) < 4.78 is 5.36. The Morgan fingerprint density at radius 1 is 1.10 bits per heavy atom. The lowest BCUT2D eigenvalue weighted by Gasteiger charge is -1.95. The number of hydrogen-bond donors (Lipinski definition) is 1. The summed E-state index contributed by atoms with van der Waals surface area (Å²) in [4.78, 5) is 10.2. The van der Waals surface area contributed by atoms with Gasteiger partial charge in [-0.2, -0.15) is 0 Å². The van der Waals surface area contributed by atoms with Crippen molar-refractivity contribution in [1.82, 2.24) is 0 Å². The van der Waals surface area contributed by atoms with Gasteiger partial charge in [0.2, 0.25) is 0 Å². The van der Waals surface area contributed by atoms with E-state index < -0.39 is 5.97 Å². The second-order valence-electron chi connectivity index (χ2n) is 4.71. The molecule has 0 aromatic carbocycles. The predicted octanol–water partition coefficient (Wildman–Crippen LogP) is 4.66. The lowest BCUT2D eigenvalue weighted by atomic mass is 10.2. The van der Waals surface area contributed by atoms with E-state index in [4.69, 9.17) is 9.84 Å². The number of unbranched alkanes of at least 4 members (excludes halogenated alkanes) is 3. The molecule has 0 saturated carbocycles. The summed E-state index contributed by atoms with van der Waals surface area (Å²) in [6.07, 6.45) is 18.9. The number of rotatable bonds is 13. The summed E-state index contributed by atoms with van der Waals surface area (Å²) in [7, 11) is 0. The van der Waals surface area contributed by atoms with E-state index in [0.717, 1.165) is 12.8 Å². The average Bonchev–Trinajstić information content (AvgIpc) is 2.46. The number of aliphatic carboxylic acids is 1. The number of carboxylic acids is 1. The molecule has 0 radical (unpaired) electrons. The molecule has 3 heteroatoms. The molecule has 0 saturated heterocycles. The van der Waals surface area contributed by atoms with Gasteiger partial charge in [-0.05, 0) is 37.8 Å². The molecular formula is C18H28O3. The molecule has 0 aliphatic carbocycles. The highest BCUT2D eigenvalue weighted by Crippen LogP contribution is 2.00. The van der Waals surface area contributed by atoms with E-state index in [1.807, 2.05) is 0 Å². The Kier molecular flexibility index (Phi) is 15.3. The van der Waals surface area contributed by atoms with Gasteiger partial charge in [-0.3, -0.25) is 4.79 Å². The van der Waals surface area contributed by atoms with Crippen molar-refractivity contribution in [2.75, 3.05) is 13.2 Å². The minimum Gasteiger partial charge on any atom is -0.481 e. The third-order valence-electron chi connectivity index (χ3n) is 2.72. The van der Waals surface area contributed by atoms with E-state index >= 15 is 0 Å². The fourth-order valence-electron chi connectivity index (χ4n) is 1.59.